The van der Waals surface area contributed by atoms with Crippen molar-refractivity contribution in [2.45, 2.75) is 36.9 Å². The number of nitrogens with zero attached hydrogens (tertiary/aromatic N) is 2. The van der Waals surface area contributed by atoms with Crippen LogP contribution in [-0.2, 0) is 0 Å². The van der Waals surface area contributed by atoms with Gasteiger partial charge in [-0.25, -0.2) is 9.97 Å². The lowest BCUT2D eigenvalue weighted by Crippen LogP contribution is -2.03. The van der Waals surface area contributed by atoms with Gasteiger partial charge in [-0.15, -0.1) is 0 Å². The molecule has 1 saturated carbocycles. The van der Waals surface area contributed by atoms with Crippen molar-refractivity contribution in [3.8, 4) is 0 Å². The van der Waals surface area contributed by atoms with Gasteiger partial charge in [0.25, 0.3) is 0 Å². The first-order valence-corrected chi connectivity index (χ1v) is 7.82. The van der Waals surface area contributed by atoms with E-state index in [1.54, 1.807) is 0 Å². The quantitative estimate of drug-likeness (QED) is 0.758. The van der Waals surface area contributed by atoms with Gasteiger partial charge < -0.3 is 0 Å². The summed E-state index contributed by atoms with van der Waals surface area (Å²) in [5, 5.41) is 1.04. The second-order valence-corrected chi connectivity index (χ2v) is 6.81. The summed E-state index contributed by atoms with van der Waals surface area (Å²) in [4.78, 5) is 9.13. The van der Waals surface area contributed by atoms with Crippen molar-refractivity contribution in [3.05, 3.63) is 21.1 Å². The van der Waals surface area contributed by atoms with E-state index < -0.39 is 0 Å². The molecule has 1 atom stereocenters. The summed E-state index contributed by atoms with van der Waals surface area (Å²) in [7, 11) is 0. The monoisotopic (exact) mass is 318 g/mol. The third-order valence-corrected chi connectivity index (χ3v) is 5.69. The maximum absolute atomic E-state index is 6.16. The van der Waals surface area contributed by atoms with Gasteiger partial charge in [-0.1, -0.05) is 11.6 Å². The molecule has 0 radical (unpaired) electrons. The minimum Gasteiger partial charge on any atom is -0.235 e. The van der Waals surface area contributed by atoms with Gasteiger partial charge in [0.2, 0.25) is 0 Å². The molecule has 0 N–H and O–H groups in total. The minimum atomic E-state index is 0.461. The fourth-order valence-corrected chi connectivity index (χ4v) is 3.90. The Labute approximate surface area is 113 Å². The Hall–Kier alpha value is 0.200. The first kappa shape index (κ1) is 11.3. The lowest BCUT2D eigenvalue weighted by Gasteiger charge is -2.11. The Kier molecular flexibility index (Phi) is 3.15. The van der Waals surface area contributed by atoms with Gasteiger partial charge in [-0.2, -0.15) is 11.8 Å². The molecule has 2 heterocycles. The van der Waals surface area contributed by atoms with Crippen LogP contribution in [0.1, 0.15) is 48.4 Å². The fraction of sp³-hybridized carbons (Fsp3) is 0.636. The normalized spacial score (nSPS) is 25.0. The lowest BCUT2D eigenvalue weighted by molar-refractivity contribution is 0.762. The minimum absolute atomic E-state index is 0.461. The third-order valence-electron chi connectivity index (χ3n) is 3.04. The van der Waals surface area contributed by atoms with Crippen LogP contribution in [0.5, 0.6) is 0 Å². The van der Waals surface area contributed by atoms with Crippen molar-refractivity contribution in [1.82, 2.24) is 9.97 Å². The molecular weight excluding hydrogens is 308 g/mol. The summed E-state index contributed by atoms with van der Waals surface area (Å²) < 4.78 is 0.906. The Balaban J connectivity index is 1.98. The molecule has 16 heavy (non-hydrogen) atoms. The Bertz CT molecular complexity index is 417. The van der Waals surface area contributed by atoms with Gasteiger partial charge >= 0.3 is 0 Å². The molecule has 1 aliphatic carbocycles. The molecular formula is C11H12BrClN2S. The fourth-order valence-electron chi connectivity index (χ4n) is 2.01. The molecule has 1 unspecified atom stereocenters. The zero-order chi connectivity index (χ0) is 11.1. The Morgan fingerprint density at radius 1 is 1.25 bits per heavy atom. The maximum Gasteiger partial charge on any atom is 0.147 e. The first-order valence-electron chi connectivity index (χ1n) is 5.60. The van der Waals surface area contributed by atoms with E-state index in [0.717, 1.165) is 16.0 Å². The van der Waals surface area contributed by atoms with E-state index in [-0.39, 0.29) is 0 Å². The molecule has 0 amide bonds. The van der Waals surface area contributed by atoms with E-state index in [1.807, 2.05) is 11.8 Å². The Morgan fingerprint density at radius 3 is 2.69 bits per heavy atom. The molecule has 1 aromatic heterocycles. The molecule has 0 spiro atoms. The molecule has 5 heteroatoms. The van der Waals surface area contributed by atoms with Crippen LogP contribution in [0.15, 0.2) is 4.47 Å². The molecule has 86 valence electrons. The van der Waals surface area contributed by atoms with E-state index >= 15 is 0 Å². The van der Waals surface area contributed by atoms with Crippen LogP contribution in [0.4, 0.5) is 0 Å². The average molecular weight is 320 g/mol. The van der Waals surface area contributed by atoms with Gasteiger partial charge in [0.05, 0.1) is 15.4 Å². The van der Waals surface area contributed by atoms with Crippen LogP contribution in [0.3, 0.4) is 0 Å². The highest BCUT2D eigenvalue weighted by Gasteiger charge is 2.31. The Morgan fingerprint density at radius 2 is 2.06 bits per heavy atom. The largest absolute Gasteiger partial charge is 0.235 e. The molecule has 2 nitrogen and oxygen atoms in total. The van der Waals surface area contributed by atoms with Gasteiger partial charge in [-0.05, 0) is 47.4 Å². The van der Waals surface area contributed by atoms with Gasteiger partial charge in [0.15, 0.2) is 0 Å². The molecule has 3 rings (SSSR count). The number of thioether (sulfide) groups is 1. The SMILES string of the molecule is Clc1nc(C2CCCS2)nc(C2CC2)c1Br. The zero-order valence-corrected chi connectivity index (χ0v) is 11.9. The number of halogens is 2. The van der Waals surface area contributed by atoms with Crippen LogP contribution < -0.4 is 0 Å². The van der Waals surface area contributed by atoms with Crippen molar-refractivity contribution in [2.75, 3.05) is 5.75 Å². The number of hydrogen-bond donors (Lipinski definition) is 0. The van der Waals surface area contributed by atoms with Crippen molar-refractivity contribution >= 4 is 39.3 Å². The first-order chi connectivity index (χ1) is 7.75. The van der Waals surface area contributed by atoms with Crippen molar-refractivity contribution in [2.24, 2.45) is 0 Å². The van der Waals surface area contributed by atoms with Crippen LogP contribution in [0.2, 0.25) is 5.15 Å². The predicted molar refractivity (Wildman–Crippen MR) is 71.2 cm³/mol. The topological polar surface area (TPSA) is 25.8 Å². The van der Waals surface area contributed by atoms with Gasteiger partial charge in [0.1, 0.15) is 11.0 Å². The number of aromatic nitrogens is 2. The summed E-state index contributed by atoms with van der Waals surface area (Å²) in [6, 6.07) is 0. The van der Waals surface area contributed by atoms with Crippen LogP contribution in [0.25, 0.3) is 0 Å². The van der Waals surface area contributed by atoms with E-state index in [9.17, 15) is 0 Å². The third kappa shape index (κ3) is 2.12. The molecule has 1 aliphatic heterocycles. The van der Waals surface area contributed by atoms with E-state index in [1.165, 1.54) is 31.4 Å². The van der Waals surface area contributed by atoms with Crippen LogP contribution >= 0.6 is 39.3 Å². The van der Waals surface area contributed by atoms with E-state index in [2.05, 4.69) is 20.9 Å². The molecule has 2 fully saturated rings. The standard InChI is InChI=1S/C11H12BrClN2S/c12-8-9(6-3-4-6)14-11(15-10(8)13)7-2-1-5-16-7/h6-7H,1-5H2. The molecule has 1 saturated heterocycles. The highest BCUT2D eigenvalue weighted by Crippen LogP contribution is 2.45. The summed E-state index contributed by atoms with van der Waals surface area (Å²) in [6.07, 6.45) is 4.93. The predicted octanol–water partition coefficient (Wildman–Crippen LogP) is 4.34. The second-order valence-electron chi connectivity index (χ2n) is 4.35. The summed E-state index contributed by atoms with van der Waals surface area (Å²) in [6.45, 7) is 0. The van der Waals surface area contributed by atoms with Crippen LogP contribution in [0, 0.1) is 0 Å². The lowest BCUT2D eigenvalue weighted by atomic mass is 10.2. The highest BCUT2D eigenvalue weighted by molar-refractivity contribution is 9.10. The highest BCUT2D eigenvalue weighted by atomic mass is 79.9. The van der Waals surface area contributed by atoms with Gasteiger partial charge in [0, 0.05) is 5.92 Å². The smallest absolute Gasteiger partial charge is 0.147 e. The molecule has 0 bridgehead atoms. The number of hydrogen-bond acceptors (Lipinski definition) is 3. The van der Waals surface area contributed by atoms with Crippen molar-refractivity contribution < 1.29 is 0 Å². The summed E-state index contributed by atoms with van der Waals surface area (Å²) in [5.41, 5.74) is 1.13. The van der Waals surface area contributed by atoms with Gasteiger partial charge in [-0.3, -0.25) is 0 Å². The average Bonchev–Trinajstić information content (AvgIpc) is 2.96. The van der Waals surface area contributed by atoms with Crippen molar-refractivity contribution in [3.63, 3.8) is 0 Å². The summed E-state index contributed by atoms with van der Waals surface area (Å²) >= 11 is 11.6. The zero-order valence-electron chi connectivity index (χ0n) is 8.75. The van der Waals surface area contributed by atoms with Crippen LogP contribution in [-0.4, -0.2) is 15.7 Å². The summed E-state index contributed by atoms with van der Waals surface area (Å²) in [5.74, 6) is 2.78. The van der Waals surface area contributed by atoms with Crippen molar-refractivity contribution in [1.29, 1.82) is 0 Å². The maximum atomic E-state index is 6.16. The molecule has 2 aliphatic rings. The molecule has 0 aromatic carbocycles. The molecule has 1 aromatic rings. The second kappa shape index (κ2) is 4.46. The van der Waals surface area contributed by atoms with E-state index in [4.69, 9.17) is 16.6 Å². The van der Waals surface area contributed by atoms with E-state index in [0.29, 0.717) is 16.3 Å². The number of rotatable bonds is 2.